The minimum absolute atomic E-state index is 0.347. The van der Waals surface area contributed by atoms with Crippen LogP contribution < -0.4 is 5.32 Å². The van der Waals surface area contributed by atoms with Crippen LogP contribution in [0.2, 0.25) is 0 Å². The Morgan fingerprint density at radius 3 is 1.67 bits per heavy atom. The SMILES string of the molecule is C[C@@H]1CN(C(c2ccccc2)c2ccccc2)C[C@@H](C)N1. The largest absolute Gasteiger partial charge is 0.309 e. The number of benzene rings is 2. The number of nitrogens with zero attached hydrogens (tertiary/aromatic N) is 1. The lowest BCUT2D eigenvalue weighted by Crippen LogP contribution is -2.55. The summed E-state index contributed by atoms with van der Waals surface area (Å²) in [5.74, 6) is 0. The van der Waals surface area contributed by atoms with Crippen LogP contribution in [-0.2, 0) is 0 Å². The summed E-state index contributed by atoms with van der Waals surface area (Å²) >= 11 is 0. The Bertz CT molecular complexity index is 503. The lowest BCUT2D eigenvalue weighted by Gasteiger charge is -2.41. The predicted octanol–water partition coefficient (Wildman–Crippen LogP) is 3.46. The molecule has 0 saturated carbocycles. The minimum Gasteiger partial charge on any atom is -0.309 e. The zero-order chi connectivity index (χ0) is 14.7. The third-order valence-corrected chi connectivity index (χ3v) is 4.18. The molecule has 1 N–H and O–H groups in total. The third-order valence-electron chi connectivity index (χ3n) is 4.18. The molecule has 2 heteroatoms. The lowest BCUT2D eigenvalue weighted by molar-refractivity contribution is 0.141. The third kappa shape index (κ3) is 3.34. The van der Waals surface area contributed by atoms with Crippen molar-refractivity contribution in [2.24, 2.45) is 0 Å². The molecule has 2 aromatic carbocycles. The van der Waals surface area contributed by atoms with Crippen molar-refractivity contribution >= 4 is 0 Å². The summed E-state index contributed by atoms with van der Waals surface area (Å²) in [7, 11) is 0. The van der Waals surface area contributed by atoms with E-state index in [0.29, 0.717) is 18.1 Å². The Hall–Kier alpha value is -1.64. The molecular formula is C19H24N2. The van der Waals surface area contributed by atoms with Gasteiger partial charge in [0.05, 0.1) is 6.04 Å². The van der Waals surface area contributed by atoms with Gasteiger partial charge in [-0.2, -0.15) is 0 Å². The van der Waals surface area contributed by atoms with Gasteiger partial charge < -0.3 is 5.32 Å². The van der Waals surface area contributed by atoms with E-state index in [1.165, 1.54) is 11.1 Å². The van der Waals surface area contributed by atoms with E-state index < -0.39 is 0 Å². The lowest BCUT2D eigenvalue weighted by atomic mass is 9.95. The fraction of sp³-hybridized carbons (Fsp3) is 0.368. The number of hydrogen-bond acceptors (Lipinski definition) is 2. The monoisotopic (exact) mass is 280 g/mol. The van der Waals surface area contributed by atoms with Gasteiger partial charge in [-0.1, -0.05) is 60.7 Å². The average Bonchev–Trinajstić information content (AvgIpc) is 2.49. The van der Waals surface area contributed by atoms with Crippen molar-refractivity contribution in [2.45, 2.75) is 32.0 Å². The van der Waals surface area contributed by atoms with E-state index in [2.05, 4.69) is 84.7 Å². The molecule has 1 heterocycles. The predicted molar refractivity (Wildman–Crippen MR) is 88.4 cm³/mol. The first-order chi connectivity index (χ1) is 10.2. The Balaban J connectivity index is 1.96. The van der Waals surface area contributed by atoms with Crippen molar-refractivity contribution in [3.8, 4) is 0 Å². The van der Waals surface area contributed by atoms with Gasteiger partial charge in [0.15, 0.2) is 0 Å². The van der Waals surface area contributed by atoms with E-state index in [9.17, 15) is 0 Å². The van der Waals surface area contributed by atoms with Crippen LogP contribution in [0.15, 0.2) is 60.7 Å². The van der Waals surface area contributed by atoms with E-state index >= 15 is 0 Å². The van der Waals surface area contributed by atoms with Crippen molar-refractivity contribution in [2.75, 3.05) is 13.1 Å². The van der Waals surface area contributed by atoms with E-state index in [-0.39, 0.29) is 0 Å². The van der Waals surface area contributed by atoms with Crippen molar-refractivity contribution in [1.82, 2.24) is 10.2 Å². The molecule has 0 aromatic heterocycles. The van der Waals surface area contributed by atoms with E-state index in [4.69, 9.17) is 0 Å². The van der Waals surface area contributed by atoms with Crippen LogP contribution in [0.25, 0.3) is 0 Å². The van der Waals surface area contributed by atoms with Crippen LogP contribution in [0.3, 0.4) is 0 Å². The quantitative estimate of drug-likeness (QED) is 0.926. The standard InChI is InChI=1S/C19H24N2/c1-15-13-21(14-16(2)20-15)19(17-9-5-3-6-10-17)18-11-7-4-8-12-18/h3-12,15-16,19-20H,13-14H2,1-2H3/t15-,16-/m1/s1. The van der Waals surface area contributed by atoms with Crippen molar-refractivity contribution in [3.05, 3.63) is 71.8 Å². The molecule has 1 aliphatic rings. The minimum atomic E-state index is 0.347. The zero-order valence-corrected chi connectivity index (χ0v) is 12.9. The van der Waals surface area contributed by atoms with Crippen molar-refractivity contribution in [1.29, 1.82) is 0 Å². The van der Waals surface area contributed by atoms with E-state index in [1.54, 1.807) is 0 Å². The van der Waals surface area contributed by atoms with Gasteiger partial charge in [-0.15, -0.1) is 0 Å². The molecule has 1 saturated heterocycles. The second kappa shape index (κ2) is 6.42. The summed E-state index contributed by atoms with van der Waals surface area (Å²) in [6.45, 7) is 6.71. The van der Waals surface area contributed by atoms with Gasteiger partial charge in [0, 0.05) is 25.2 Å². The Morgan fingerprint density at radius 2 is 1.24 bits per heavy atom. The molecule has 2 atom stereocenters. The zero-order valence-electron chi connectivity index (χ0n) is 12.9. The van der Waals surface area contributed by atoms with Crippen LogP contribution in [0.5, 0.6) is 0 Å². The van der Waals surface area contributed by atoms with Crippen LogP contribution in [-0.4, -0.2) is 30.1 Å². The molecule has 2 aromatic rings. The summed E-state index contributed by atoms with van der Waals surface area (Å²) < 4.78 is 0. The van der Waals surface area contributed by atoms with Crippen LogP contribution in [0.1, 0.15) is 31.0 Å². The molecule has 1 fully saturated rings. The highest BCUT2D eigenvalue weighted by Gasteiger charge is 2.28. The first-order valence-corrected chi connectivity index (χ1v) is 7.84. The molecule has 0 amide bonds. The second-order valence-corrected chi connectivity index (χ2v) is 6.15. The molecule has 0 radical (unpaired) electrons. The molecule has 1 aliphatic heterocycles. The molecule has 21 heavy (non-hydrogen) atoms. The Morgan fingerprint density at radius 1 is 0.810 bits per heavy atom. The summed E-state index contributed by atoms with van der Waals surface area (Å²) in [6, 6.07) is 23.1. The summed E-state index contributed by atoms with van der Waals surface area (Å²) in [5.41, 5.74) is 2.76. The number of nitrogens with one attached hydrogen (secondary N) is 1. The molecule has 2 nitrogen and oxygen atoms in total. The highest BCUT2D eigenvalue weighted by Crippen LogP contribution is 2.29. The Kier molecular flexibility index (Phi) is 4.37. The first kappa shape index (κ1) is 14.3. The summed E-state index contributed by atoms with van der Waals surface area (Å²) in [6.07, 6.45) is 0. The molecule has 110 valence electrons. The smallest absolute Gasteiger partial charge is 0.0602 e. The maximum absolute atomic E-state index is 3.63. The maximum atomic E-state index is 3.63. The van der Waals surface area contributed by atoms with Crippen molar-refractivity contribution in [3.63, 3.8) is 0 Å². The van der Waals surface area contributed by atoms with E-state index in [1.807, 2.05) is 0 Å². The van der Waals surface area contributed by atoms with Crippen molar-refractivity contribution < 1.29 is 0 Å². The molecule has 0 aliphatic carbocycles. The van der Waals surface area contributed by atoms with Gasteiger partial charge in [-0.25, -0.2) is 0 Å². The molecular weight excluding hydrogens is 256 g/mol. The summed E-state index contributed by atoms with van der Waals surface area (Å²) in [5, 5.41) is 3.63. The maximum Gasteiger partial charge on any atom is 0.0602 e. The molecule has 3 rings (SSSR count). The van der Waals surface area contributed by atoms with Gasteiger partial charge in [-0.05, 0) is 25.0 Å². The van der Waals surface area contributed by atoms with E-state index in [0.717, 1.165) is 13.1 Å². The number of piperazine rings is 1. The fourth-order valence-corrected chi connectivity index (χ4v) is 3.46. The average molecular weight is 280 g/mol. The van der Waals surface area contributed by atoms with Crippen LogP contribution in [0, 0.1) is 0 Å². The van der Waals surface area contributed by atoms with Crippen LogP contribution >= 0.6 is 0 Å². The topological polar surface area (TPSA) is 15.3 Å². The first-order valence-electron chi connectivity index (χ1n) is 7.84. The molecule has 0 spiro atoms. The normalized spacial score (nSPS) is 23.4. The fourth-order valence-electron chi connectivity index (χ4n) is 3.46. The van der Waals surface area contributed by atoms with Gasteiger partial charge in [0.25, 0.3) is 0 Å². The summed E-state index contributed by atoms with van der Waals surface area (Å²) in [4.78, 5) is 2.61. The van der Waals surface area contributed by atoms with Gasteiger partial charge in [0.2, 0.25) is 0 Å². The molecule has 0 bridgehead atoms. The van der Waals surface area contributed by atoms with Gasteiger partial charge in [0.1, 0.15) is 0 Å². The highest BCUT2D eigenvalue weighted by molar-refractivity contribution is 5.32. The molecule has 0 unspecified atom stereocenters. The van der Waals surface area contributed by atoms with Gasteiger partial charge in [-0.3, -0.25) is 4.90 Å². The second-order valence-electron chi connectivity index (χ2n) is 6.15. The van der Waals surface area contributed by atoms with Crippen LogP contribution in [0.4, 0.5) is 0 Å². The highest BCUT2D eigenvalue weighted by atomic mass is 15.2. The number of hydrogen-bond donors (Lipinski definition) is 1. The Labute approximate surface area is 127 Å². The number of rotatable bonds is 3. The van der Waals surface area contributed by atoms with Gasteiger partial charge >= 0.3 is 0 Å².